The van der Waals surface area contributed by atoms with Crippen LogP contribution in [0.5, 0.6) is 0 Å². The van der Waals surface area contributed by atoms with E-state index in [0.29, 0.717) is 0 Å². The van der Waals surface area contributed by atoms with Crippen LogP contribution in [0, 0.1) is 0 Å². The standard InChI is InChI=1S/C12H19NO3.C9H13NO3.C3H7I.CH4/c1-10(2)16-12(15)7-6-11(14)13-8-4-3-5-9-13;11-8(4-5-9(12)13)10-6-2-1-3-7-10;1-3(2)4;/h6-7,10H,3-5,8-9H2,1-2H3;4-5H,1-3,6-7H2,(H,12,13);3H,1-2H3;1H4/b7-6-;5-4-;;. The van der Waals surface area contributed by atoms with Crippen LogP contribution in [0.2, 0.25) is 0 Å². The molecule has 2 heterocycles. The molecule has 2 fully saturated rings. The van der Waals surface area contributed by atoms with Gasteiger partial charge in [0.25, 0.3) is 0 Å². The average Bonchev–Trinajstić information content (AvgIpc) is 2.76. The van der Waals surface area contributed by atoms with E-state index in [4.69, 9.17) is 9.84 Å². The van der Waals surface area contributed by atoms with Gasteiger partial charge in [0, 0.05) is 54.4 Å². The van der Waals surface area contributed by atoms with Crippen molar-refractivity contribution in [2.75, 3.05) is 26.2 Å². The van der Waals surface area contributed by atoms with Crippen molar-refractivity contribution in [3.63, 3.8) is 0 Å². The molecular weight excluding hydrogens is 551 g/mol. The van der Waals surface area contributed by atoms with Crippen LogP contribution in [0.3, 0.4) is 0 Å². The number of hydrogen-bond donors (Lipinski definition) is 1. The van der Waals surface area contributed by atoms with E-state index in [1.165, 1.54) is 18.6 Å². The molecule has 2 aliphatic rings. The molecule has 2 rings (SSSR count). The Labute approximate surface area is 218 Å². The van der Waals surface area contributed by atoms with Gasteiger partial charge in [-0.2, -0.15) is 0 Å². The van der Waals surface area contributed by atoms with Gasteiger partial charge in [-0.1, -0.05) is 43.9 Å². The number of carbonyl (C=O) groups is 4. The van der Waals surface area contributed by atoms with E-state index in [-0.39, 0.29) is 25.3 Å². The van der Waals surface area contributed by atoms with E-state index in [0.717, 1.165) is 74.4 Å². The lowest BCUT2D eigenvalue weighted by Crippen LogP contribution is -2.34. The van der Waals surface area contributed by atoms with Gasteiger partial charge in [-0.05, 0) is 52.4 Å². The Bertz CT molecular complexity index is 662. The van der Waals surface area contributed by atoms with Gasteiger partial charge in [0.1, 0.15) is 0 Å². The number of likely N-dealkylation sites (tertiary alicyclic amines) is 2. The van der Waals surface area contributed by atoms with Crippen molar-refractivity contribution >= 4 is 46.3 Å². The smallest absolute Gasteiger partial charge is 0.331 e. The highest BCUT2D eigenvalue weighted by Gasteiger charge is 2.15. The molecule has 0 aromatic rings. The number of hydrogen-bond acceptors (Lipinski definition) is 5. The normalized spacial score (nSPS) is 15.7. The van der Waals surface area contributed by atoms with Crippen molar-refractivity contribution < 1.29 is 29.0 Å². The highest BCUT2D eigenvalue weighted by Crippen LogP contribution is 2.09. The van der Waals surface area contributed by atoms with E-state index in [1.54, 1.807) is 23.6 Å². The van der Waals surface area contributed by atoms with Crippen LogP contribution in [0.4, 0.5) is 0 Å². The summed E-state index contributed by atoms with van der Waals surface area (Å²) in [4.78, 5) is 47.6. The number of rotatable bonds is 5. The Morgan fingerprint density at radius 3 is 1.41 bits per heavy atom. The summed E-state index contributed by atoms with van der Waals surface area (Å²) in [5.41, 5.74) is 0. The molecule has 2 saturated heterocycles. The lowest BCUT2D eigenvalue weighted by molar-refractivity contribution is -0.141. The van der Waals surface area contributed by atoms with Crippen LogP contribution < -0.4 is 0 Å². The minimum atomic E-state index is -1.08. The largest absolute Gasteiger partial charge is 0.478 e. The van der Waals surface area contributed by atoms with Crippen LogP contribution >= 0.6 is 22.6 Å². The maximum atomic E-state index is 11.6. The molecule has 0 aromatic carbocycles. The quantitative estimate of drug-likeness (QED) is 0.216. The van der Waals surface area contributed by atoms with Gasteiger partial charge in [0.2, 0.25) is 11.8 Å². The number of amides is 2. The zero-order valence-corrected chi connectivity index (χ0v) is 22.5. The summed E-state index contributed by atoms with van der Waals surface area (Å²) >= 11 is 2.34. The van der Waals surface area contributed by atoms with Crippen molar-refractivity contribution in [1.29, 1.82) is 0 Å². The van der Waals surface area contributed by atoms with Gasteiger partial charge >= 0.3 is 11.9 Å². The summed E-state index contributed by atoms with van der Waals surface area (Å²) in [6.45, 7) is 11.0. The van der Waals surface area contributed by atoms with Gasteiger partial charge in [-0.25, -0.2) is 9.59 Å². The summed E-state index contributed by atoms with van der Waals surface area (Å²) < 4.78 is 5.69. The predicted molar refractivity (Wildman–Crippen MR) is 144 cm³/mol. The molecule has 0 unspecified atom stereocenters. The minimum Gasteiger partial charge on any atom is -0.478 e. The lowest BCUT2D eigenvalue weighted by atomic mass is 10.1. The summed E-state index contributed by atoms with van der Waals surface area (Å²) in [5, 5.41) is 8.30. The first-order valence-electron chi connectivity index (χ1n) is 11.5. The Balaban J connectivity index is 0. The van der Waals surface area contributed by atoms with Gasteiger partial charge in [0.05, 0.1) is 6.10 Å². The van der Waals surface area contributed by atoms with Crippen molar-refractivity contribution in [1.82, 2.24) is 9.80 Å². The van der Waals surface area contributed by atoms with Gasteiger partial charge in [-0.3, -0.25) is 9.59 Å². The fourth-order valence-corrected chi connectivity index (χ4v) is 2.99. The fourth-order valence-electron chi connectivity index (χ4n) is 2.99. The van der Waals surface area contributed by atoms with Crippen molar-refractivity contribution in [2.45, 2.75) is 83.7 Å². The Kier molecular flexibility index (Phi) is 20.6. The summed E-state index contributed by atoms with van der Waals surface area (Å²) in [6.07, 6.45) is 10.8. The number of aliphatic carboxylic acids is 1. The number of piperidine rings is 2. The molecule has 0 saturated carbocycles. The molecule has 0 atom stereocenters. The predicted octanol–water partition coefficient (Wildman–Crippen LogP) is 4.61. The second-order valence-corrected chi connectivity index (χ2v) is 10.8. The molecule has 8 nitrogen and oxygen atoms in total. The first-order valence-corrected chi connectivity index (χ1v) is 12.8. The van der Waals surface area contributed by atoms with E-state index < -0.39 is 11.9 Å². The van der Waals surface area contributed by atoms with Gasteiger partial charge < -0.3 is 19.6 Å². The molecule has 2 aliphatic heterocycles. The lowest BCUT2D eigenvalue weighted by Gasteiger charge is -2.25. The van der Waals surface area contributed by atoms with Crippen LogP contribution in [0.1, 0.15) is 73.6 Å². The number of ether oxygens (including phenoxy) is 1. The molecule has 1 N–H and O–H groups in total. The molecule has 0 radical (unpaired) electrons. The molecule has 34 heavy (non-hydrogen) atoms. The maximum absolute atomic E-state index is 11.6. The van der Waals surface area contributed by atoms with E-state index in [9.17, 15) is 19.2 Å². The Morgan fingerprint density at radius 2 is 1.09 bits per heavy atom. The van der Waals surface area contributed by atoms with Gasteiger partial charge in [-0.15, -0.1) is 0 Å². The van der Waals surface area contributed by atoms with E-state index in [1.807, 2.05) is 0 Å². The zero-order chi connectivity index (χ0) is 25.2. The maximum Gasteiger partial charge on any atom is 0.331 e. The third-order valence-electron chi connectivity index (χ3n) is 4.42. The highest BCUT2D eigenvalue weighted by molar-refractivity contribution is 14.1. The minimum absolute atomic E-state index is 0. The molecule has 0 aliphatic carbocycles. The first kappa shape index (κ1) is 34.3. The average molecular weight is 595 g/mol. The monoisotopic (exact) mass is 594 g/mol. The van der Waals surface area contributed by atoms with Crippen LogP contribution in [0.25, 0.3) is 0 Å². The van der Waals surface area contributed by atoms with Gasteiger partial charge in [0.15, 0.2) is 0 Å². The highest BCUT2D eigenvalue weighted by atomic mass is 127. The van der Waals surface area contributed by atoms with E-state index in [2.05, 4.69) is 36.4 Å². The fraction of sp³-hybridized carbons (Fsp3) is 0.680. The zero-order valence-electron chi connectivity index (χ0n) is 20.3. The second kappa shape index (κ2) is 20.5. The molecular formula is C25H43IN2O6. The van der Waals surface area contributed by atoms with Crippen molar-refractivity contribution in [2.24, 2.45) is 0 Å². The SMILES string of the molecule is C.CC(C)I.CC(C)OC(=O)/C=C\C(=O)N1CCCCC1.O=C(O)/C=C\C(=O)N1CCCCC1. The third-order valence-corrected chi connectivity index (χ3v) is 4.42. The number of esters is 1. The number of halogens is 1. The molecule has 0 aromatic heterocycles. The summed E-state index contributed by atoms with van der Waals surface area (Å²) in [5.74, 6) is -1.83. The first-order chi connectivity index (χ1) is 15.5. The number of carbonyl (C=O) groups excluding carboxylic acids is 3. The van der Waals surface area contributed by atoms with E-state index >= 15 is 0 Å². The molecule has 196 valence electrons. The second-order valence-electron chi connectivity index (χ2n) is 8.28. The summed E-state index contributed by atoms with van der Waals surface area (Å²) in [7, 11) is 0. The Hall–Kier alpha value is -1.91. The Morgan fingerprint density at radius 1 is 0.735 bits per heavy atom. The molecule has 2 amide bonds. The van der Waals surface area contributed by atoms with Crippen molar-refractivity contribution in [3.8, 4) is 0 Å². The third kappa shape index (κ3) is 19.5. The number of nitrogens with zero attached hydrogens (tertiary/aromatic N) is 2. The molecule has 9 heteroatoms. The van der Waals surface area contributed by atoms with Crippen molar-refractivity contribution in [3.05, 3.63) is 24.3 Å². The van der Waals surface area contributed by atoms with Crippen LogP contribution in [0.15, 0.2) is 24.3 Å². The number of alkyl halides is 1. The number of carboxylic acids is 1. The molecule has 0 bridgehead atoms. The number of carboxylic acid groups (broad SMARTS) is 1. The molecule has 0 spiro atoms. The topological polar surface area (TPSA) is 104 Å². The summed E-state index contributed by atoms with van der Waals surface area (Å²) in [6, 6.07) is 0. The van der Waals surface area contributed by atoms with Crippen LogP contribution in [-0.2, 0) is 23.9 Å². The van der Waals surface area contributed by atoms with Crippen LogP contribution in [-0.4, -0.2) is 74.9 Å².